The van der Waals surface area contributed by atoms with Gasteiger partial charge in [0.1, 0.15) is 16.4 Å². The Labute approximate surface area is 129 Å². The number of carboxylic acid groups (broad SMARTS) is 1. The summed E-state index contributed by atoms with van der Waals surface area (Å²) in [5.74, 6) is -0.687. The van der Waals surface area contributed by atoms with Crippen molar-refractivity contribution < 1.29 is 14.3 Å². The molecule has 0 saturated carbocycles. The Morgan fingerprint density at radius 2 is 2.05 bits per heavy atom. The Kier molecular flexibility index (Phi) is 3.81. The second kappa shape index (κ2) is 5.76. The number of rotatable bonds is 4. The van der Waals surface area contributed by atoms with E-state index in [2.05, 4.69) is 10.1 Å². The molecule has 1 aromatic carbocycles. The van der Waals surface area contributed by atoms with Crippen LogP contribution in [0.15, 0.2) is 41.6 Å². The fraction of sp³-hybridized carbons (Fsp3) is 0.133. The average molecular weight is 317 g/mol. The van der Waals surface area contributed by atoms with Crippen molar-refractivity contribution >= 4 is 23.4 Å². The third-order valence-electron chi connectivity index (χ3n) is 3.12. The highest BCUT2D eigenvalue weighted by atomic mass is 32.2. The molecule has 22 heavy (non-hydrogen) atoms. The number of halogens is 1. The maximum absolute atomic E-state index is 13.1. The normalized spacial score (nSPS) is 11.0. The van der Waals surface area contributed by atoms with Gasteiger partial charge >= 0.3 is 5.97 Å². The van der Waals surface area contributed by atoms with E-state index in [1.54, 1.807) is 18.2 Å². The third kappa shape index (κ3) is 2.43. The lowest BCUT2D eigenvalue weighted by atomic mass is 10.1. The lowest BCUT2D eigenvalue weighted by Gasteiger charge is -2.04. The number of nitrogens with zero attached hydrogens (tertiary/aromatic N) is 3. The number of hydrogen-bond acceptors (Lipinski definition) is 4. The van der Waals surface area contributed by atoms with E-state index in [0.717, 1.165) is 5.56 Å². The molecule has 0 fully saturated rings. The SMILES string of the molecule is CCSc1nn2c(-c3ccc(F)cc3)ccnc2c1C(=O)O. The molecule has 0 saturated heterocycles. The highest BCUT2D eigenvalue weighted by Crippen LogP contribution is 2.28. The molecule has 0 aliphatic heterocycles. The van der Waals surface area contributed by atoms with E-state index in [4.69, 9.17) is 0 Å². The molecule has 2 aromatic heterocycles. The second-order valence-corrected chi connectivity index (χ2v) is 5.74. The zero-order chi connectivity index (χ0) is 15.7. The minimum absolute atomic E-state index is 0.0933. The summed E-state index contributed by atoms with van der Waals surface area (Å²) in [5, 5.41) is 14.2. The molecule has 5 nitrogen and oxygen atoms in total. The van der Waals surface area contributed by atoms with Gasteiger partial charge < -0.3 is 5.11 Å². The highest BCUT2D eigenvalue weighted by molar-refractivity contribution is 7.99. The van der Waals surface area contributed by atoms with Crippen LogP contribution in [0.2, 0.25) is 0 Å². The molecule has 0 bridgehead atoms. The van der Waals surface area contributed by atoms with Gasteiger partial charge in [-0.2, -0.15) is 5.10 Å². The van der Waals surface area contributed by atoms with E-state index in [1.165, 1.54) is 34.6 Å². The molecular formula is C15H12FN3O2S. The van der Waals surface area contributed by atoms with Crippen LogP contribution in [-0.4, -0.2) is 31.4 Å². The molecule has 3 rings (SSSR count). The van der Waals surface area contributed by atoms with Crippen molar-refractivity contribution in [2.24, 2.45) is 0 Å². The molecule has 3 aromatic rings. The summed E-state index contributed by atoms with van der Waals surface area (Å²) >= 11 is 1.35. The first-order valence-electron chi connectivity index (χ1n) is 6.61. The number of carboxylic acids is 1. The van der Waals surface area contributed by atoms with Crippen molar-refractivity contribution in [2.75, 3.05) is 5.75 Å². The zero-order valence-electron chi connectivity index (χ0n) is 11.7. The van der Waals surface area contributed by atoms with E-state index in [9.17, 15) is 14.3 Å². The Bertz CT molecular complexity index is 846. The quantitative estimate of drug-likeness (QED) is 0.747. The molecule has 0 spiro atoms. The van der Waals surface area contributed by atoms with E-state index in [0.29, 0.717) is 16.5 Å². The Morgan fingerprint density at radius 1 is 1.32 bits per heavy atom. The van der Waals surface area contributed by atoms with Gasteiger partial charge in [0.15, 0.2) is 5.65 Å². The monoisotopic (exact) mass is 317 g/mol. The van der Waals surface area contributed by atoms with Crippen LogP contribution in [0.3, 0.4) is 0 Å². The van der Waals surface area contributed by atoms with Gasteiger partial charge in [0, 0.05) is 11.8 Å². The maximum Gasteiger partial charge on any atom is 0.342 e. The van der Waals surface area contributed by atoms with Crippen LogP contribution >= 0.6 is 11.8 Å². The van der Waals surface area contributed by atoms with Crippen molar-refractivity contribution in [1.82, 2.24) is 14.6 Å². The van der Waals surface area contributed by atoms with Crippen molar-refractivity contribution in [3.05, 3.63) is 47.9 Å². The van der Waals surface area contributed by atoms with Gasteiger partial charge in [-0.1, -0.05) is 6.92 Å². The fourth-order valence-electron chi connectivity index (χ4n) is 2.19. The topological polar surface area (TPSA) is 67.5 Å². The first kappa shape index (κ1) is 14.5. The minimum Gasteiger partial charge on any atom is -0.477 e. The number of hydrogen-bond donors (Lipinski definition) is 1. The molecule has 7 heteroatoms. The Morgan fingerprint density at radius 3 is 2.68 bits per heavy atom. The van der Waals surface area contributed by atoms with Crippen LogP contribution in [-0.2, 0) is 0 Å². The summed E-state index contributed by atoms with van der Waals surface area (Å²) in [6.07, 6.45) is 1.53. The minimum atomic E-state index is -1.06. The first-order chi connectivity index (χ1) is 10.6. The lowest BCUT2D eigenvalue weighted by molar-refractivity contribution is 0.0695. The molecule has 0 aliphatic rings. The zero-order valence-corrected chi connectivity index (χ0v) is 12.5. The standard InChI is InChI=1S/C15H12FN3O2S/c1-2-22-14-12(15(20)21)13-17-8-7-11(19(13)18-14)9-3-5-10(16)6-4-9/h3-8H,2H2,1H3,(H,20,21). The summed E-state index contributed by atoms with van der Waals surface area (Å²) < 4.78 is 14.6. The molecule has 0 radical (unpaired) electrons. The van der Waals surface area contributed by atoms with E-state index in [1.807, 2.05) is 6.92 Å². The van der Waals surface area contributed by atoms with Crippen molar-refractivity contribution in [3.63, 3.8) is 0 Å². The van der Waals surface area contributed by atoms with Gasteiger partial charge in [-0.15, -0.1) is 11.8 Å². The molecule has 0 amide bonds. The average Bonchev–Trinajstić information content (AvgIpc) is 2.86. The van der Waals surface area contributed by atoms with Gasteiger partial charge in [-0.05, 0) is 36.1 Å². The van der Waals surface area contributed by atoms with Gasteiger partial charge in [0.25, 0.3) is 0 Å². The van der Waals surface area contributed by atoms with Crippen LogP contribution in [0.1, 0.15) is 17.3 Å². The summed E-state index contributed by atoms with van der Waals surface area (Å²) in [6, 6.07) is 7.67. The van der Waals surface area contributed by atoms with Crippen LogP contribution in [0.25, 0.3) is 16.9 Å². The van der Waals surface area contributed by atoms with E-state index >= 15 is 0 Å². The molecule has 0 aliphatic carbocycles. The summed E-state index contributed by atoms with van der Waals surface area (Å²) in [4.78, 5) is 15.6. The number of fused-ring (bicyclic) bond motifs is 1. The van der Waals surface area contributed by atoms with Gasteiger partial charge in [0.05, 0.1) is 5.69 Å². The number of benzene rings is 1. The van der Waals surface area contributed by atoms with Gasteiger partial charge in [0.2, 0.25) is 0 Å². The summed E-state index contributed by atoms with van der Waals surface area (Å²) in [7, 11) is 0. The molecule has 0 atom stereocenters. The number of aromatic nitrogens is 3. The molecular weight excluding hydrogens is 305 g/mol. The molecule has 0 unspecified atom stereocenters. The predicted octanol–water partition coefficient (Wildman–Crippen LogP) is 3.35. The maximum atomic E-state index is 13.1. The molecule has 112 valence electrons. The van der Waals surface area contributed by atoms with Crippen LogP contribution in [0, 0.1) is 5.82 Å². The van der Waals surface area contributed by atoms with Gasteiger partial charge in [-0.25, -0.2) is 18.7 Å². The molecule has 1 N–H and O–H groups in total. The van der Waals surface area contributed by atoms with Gasteiger partial charge in [-0.3, -0.25) is 0 Å². The van der Waals surface area contributed by atoms with Crippen molar-refractivity contribution in [2.45, 2.75) is 11.9 Å². The smallest absolute Gasteiger partial charge is 0.342 e. The summed E-state index contributed by atoms with van der Waals surface area (Å²) in [6.45, 7) is 1.93. The Balaban J connectivity index is 2.26. The predicted molar refractivity (Wildman–Crippen MR) is 81.7 cm³/mol. The number of thioether (sulfide) groups is 1. The van der Waals surface area contributed by atoms with Crippen molar-refractivity contribution in [3.8, 4) is 11.3 Å². The highest BCUT2D eigenvalue weighted by Gasteiger charge is 2.22. The number of carbonyl (C=O) groups is 1. The third-order valence-corrected chi connectivity index (χ3v) is 3.97. The van der Waals surface area contributed by atoms with E-state index < -0.39 is 5.97 Å². The van der Waals surface area contributed by atoms with Crippen LogP contribution in [0.4, 0.5) is 4.39 Å². The fourth-order valence-corrected chi connectivity index (χ4v) is 2.93. The first-order valence-corrected chi connectivity index (χ1v) is 7.60. The number of aromatic carboxylic acids is 1. The van der Waals surface area contributed by atoms with Crippen molar-refractivity contribution in [1.29, 1.82) is 0 Å². The lowest BCUT2D eigenvalue weighted by Crippen LogP contribution is -2.00. The van der Waals surface area contributed by atoms with E-state index in [-0.39, 0.29) is 17.0 Å². The Hall–Kier alpha value is -2.41. The largest absolute Gasteiger partial charge is 0.477 e. The molecule has 2 heterocycles. The van der Waals surface area contributed by atoms with Crippen LogP contribution < -0.4 is 0 Å². The van der Waals surface area contributed by atoms with Crippen LogP contribution in [0.5, 0.6) is 0 Å². The second-order valence-electron chi connectivity index (χ2n) is 4.49. The summed E-state index contributed by atoms with van der Waals surface area (Å²) in [5.41, 5.74) is 1.78.